The van der Waals surface area contributed by atoms with Gasteiger partial charge in [0.2, 0.25) is 0 Å². The summed E-state index contributed by atoms with van der Waals surface area (Å²) in [6.07, 6.45) is 4.07. The highest BCUT2D eigenvalue weighted by Crippen LogP contribution is 2.30. The third kappa shape index (κ3) is 3.97. The fraction of sp³-hybridized carbons (Fsp3) is 0.647. The monoisotopic (exact) mass is 260 g/mol. The molecule has 1 N–H and O–H groups in total. The largest absolute Gasteiger partial charge is 0.374 e. The van der Waals surface area contributed by atoms with Crippen LogP contribution < -0.4 is 10.2 Å². The molecule has 0 heterocycles. The first kappa shape index (κ1) is 14.4. The Balaban J connectivity index is 1.98. The van der Waals surface area contributed by atoms with Crippen LogP contribution in [0.3, 0.4) is 0 Å². The molecule has 19 heavy (non-hydrogen) atoms. The SMILES string of the molecule is CCNC1CCC(C)CC1CN(C)c1ccccc1. The third-order valence-electron chi connectivity index (χ3n) is 4.42. The van der Waals surface area contributed by atoms with E-state index in [1.807, 2.05) is 0 Å². The highest BCUT2D eigenvalue weighted by molar-refractivity contribution is 5.45. The van der Waals surface area contributed by atoms with Crippen molar-refractivity contribution < 1.29 is 0 Å². The number of hydrogen-bond donors (Lipinski definition) is 1. The lowest BCUT2D eigenvalue weighted by molar-refractivity contribution is 0.219. The third-order valence-corrected chi connectivity index (χ3v) is 4.42. The molecule has 0 aliphatic heterocycles. The van der Waals surface area contributed by atoms with Crippen molar-refractivity contribution >= 4 is 5.69 Å². The van der Waals surface area contributed by atoms with Crippen LogP contribution in [0.25, 0.3) is 0 Å². The highest BCUT2D eigenvalue weighted by atomic mass is 15.1. The predicted molar refractivity (Wildman–Crippen MR) is 83.7 cm³/mol. The van der Waals surface area contributed by atoms with E-state index in [2.05, 4.69) is 61.4 Å². The summed E-state index contributed by atoms with van der Waals surface area (Å²) in [5.74, 6) is 1.65. The number of para-hydroxylation sites is 1. The van der Waals surface area contributed by atoms with Crippen LogP contribution in [0.1, 0.15) is 33.1 Å². The van der Waals surface area contributed by atoms with Crippen LogP contribution in [0.4, 0.5) is 5.69 Å². The number of anilines is 1. The smallest absolute Gasteiger partial charge is 0.0363 e. The normalized spacial score (nSPS) is 27.2. The lowest BCUT2D eigenvalue weighted by Gasteiger charge is -2.38. The van der Waals surface area contributed by atoms with Crippen LogP contribution in [0.2, 0.25) is 0 Å². The van der Waals surface area contributed by atoms with Crippen LogP contribution in [0.15, 0.2) is 30.3 Å². The summed E-state index contributed by atoms with van der Waals surface area (Å²) in [6.45, 7) is 6.87. The molecule has 2 nitrogen and oxygen atoms in total. The van der Waals surface area contributed by atoms with E-state index >= 15 is 0 Å². The zero-order valence-electron chi connectivity index (χ0n) is 12.6. The standard InChI is InChI=1S/C17H28N2/c1-4-18-17-11-10-14(2)12-15(17)13-19(3)16-8-6-5-7-9-16/h5-9,14-15,17-18H,4,10-13H2,1-3H3. The zero-order valence-corrected chi connectivity index (χ0v) is 12.6. The topological polar surface area (TPSA) is 15.3 Å². The van der Waals surface area contributed by atoms with Crippen molar-refractivity contribution in [2.24, 2.45) is 11.8 Å². The second kappa shape index (κ2) is 6.95. The molecule has 3 unspecified atom stereocenters. The molecule has 2 heteroatoms. The molecule has 0 saturated heterocycles. The zero-order chi connectivity index (χ0) is 13.7. The van der Waals surface area contributed by atoms with Crippen LogP contribution >= 0.6 is 0 Å². The van der Waals surface area contributed by atoms with Crippen molar-refractivity contribution in [3.63, 3.8) is 0 Å². The van der Waals surface area contributed by atoms with E-state index in [1.165, 1.54) is 24.9 Å². The molecule has 0 bridgehead atoms. The van der Waals surface area contributed by atoms with Crippen LogP contribution in [0.5, 0.6) is 0 Å². The van der Waals surface area contributed by atoms with Crippen molar-refractivity contribution in [2.75, 3.05) is 25.0 Å². The van der Waals surface area contributed by atoms with Crippen LogP contribution in [0, 0.1) is 11.8 Å². The highest BCUT2D eigenvalue weighted by Gasteiger charge is 2.28. The second-order valence-corrected chi connectivity index (χ2v) is 6.06. The molecule has 1 aromatic rings. The van der Waals surface area contributed by atoms with Crippen molar-refractivity contribution in [3.05, 3.63) is 30.3 Å². The van der Waals surface area contributed by atoms with E-state index in [0.29, 0.717) is 6.04 Å². The van der Waals surface area contributed by atoms with Gasteiger partial charge in [0.1, 0.15) is 0 Å². The van der Waals surface area contributed by atoms with Crippen LogP contribution in [-0.4, -0.2) is 26.2 Å². The Morgan fingerprint density at radius 3 is 2.63 bits per heavy atom. The van der Waals surface area contributed by atoms with E-state index < -0.39 is 0 Å². The molecule has 0 amide bonds. The van der Waals surface area contributed by atoms with Gasteiger partial charge in [0.25, 0.3) is 0 Å². The molecular formula is C17H28N2. The molecule has 1 aromatic carbocycles. The molecule has 0 spiro atoms. The van der Waals surface area contributed by atoms with Gasteiger partial charge in [-0.15, -0.1) is 0 Å². The Hall–Kier alpha value is -1.02. The second-order valence-electron chi connectivity index (χ2n) is 6.06. The maximum absolute atomic E-state index is 3.69. The molecule has 1 aliphatic rings. The summed E-state index contributed by atoms with van der Waals surface area (Å²) < 4.78 is 0. The molecule has 0 radical (unpaired) electrons. The van der Waals surface area contributed by atoms with Crippen molar-refractivity contribution in [2.45, 2.75) is 39.2 Å². The average molecular weight is 260 g/mol. The predicted octanol–water partition coefficient (Wildman–Crippen LogP) is 3.54. The van der Waals surface area contributed by atoms with Crippen molar-refractivity contribution in [1.82, 2.24) is 5.32 Å². The van der Waals surface area contributed by atoms with Gasteiger partial charge in [0, 0.05) is 25.3 Å². The quantitative estimate of drug-likeness (QED) is 0.871. The maximum Gasteiger partial charge on any atom is 0.0363 e. The molecular weight excluding hydrogens is 232 g/mol. The Morgan fingerprint density at radius 2 is 1.95 bits per heavy atom. The summed E-state index contributed by atoms with van der Waals surface area (Å²) in [6, 6.07) is 11.4. The summed E-state index contributed by atoms with van der Waals surface area (Å²) in [7, 11) is 2.22. The number of benzene rings is 1. The lowest BCUT2D eigenvalue weighted by atomic mass is 9.78. The van der Waals surface area contributed by atoms with Crippen molar-refractivity contribution in [1.29, 1.82) is 0 Å². The summed E-state index contributed by atoms with van der Waals surface area (Å²) >= 11 is 0. The molecule has 1 fully saturated rings. The van der Waals surface area contributed by atoms with Gasteiger partial charge in [-0.05, 0) is 49.8 Å². The van der Waals surface area contributed by atoms with Crippen molar-refractivity contribution in [3.8, 4) is 0 Å². The minimum Gasteiger partial charge on any atom is -0.374 e. The van der Waals surface area contributed by atoms with Gasteiger partial charge in [0.15, 0.2) is 0 Å². The Bertz CT molecular complexity index is 363. The Kier molecular flexibility index (Phi) is 5.26. The van der Waals surface area contributed by atoms with Gasteiger partial charge in [-0.25, -0.2) is 0 Å². The molecule has 1 aliphatic carbocycles. The summed E-state index contributed by atoms with van der Waals surface area (Å²) in [5.41, 5.74) is 1.33. The lowest BCUT2D eigenvalue weighted by Crippen LogP contribution is -2.45. The fourth-order valence-electron chi connectivity index (χ4n) is 3.37. The minimum absolute atomic E-state index is 0.701. The summed E-state index contributed by atoms with van der Waals surface area (Å²) in [4.78, 5) is 2.41. The number of hydrogen-bond acceptors (Lipinski definition) is 2. The Labute approximate surface area is 118 Å². The van der Waals surface area contributed by atoms with E-state index in [1.54, 1.807) is 0 Å². The minimum atomic E-state index is 0.701. The van der Waals surface area contributed by atoms with Gasteiger partial charge >= 0.3 is 0 Å². The molecule has 3 atom stereocenters. The first-order valence-electron chi connectivity index (χ1n) is 7.70. The first-order valence-corrected chi connectivity index (χ1v) is 7.70. The number of nitrogens with zero attached hydrogens (tertiary/aromatic N) is 1. The molecule has 1 saturated carbocycles. The first-order chi connectivity index (χ1) is 9.20. The van der Waals surface area contributed by atoms with Gasteiger partial charge in [0.05, 0.1) is 0 Å². The van der Waals surface area contributed by atoms with E-state index in [0.717, 1.165) is 24.9 Å². The van der Waals surface area contributed by atoms with E-state index in [4.69, 9.17) is 0 Å². The maximum atomic E-state index is 3.69. The van der Waals surface area contributed by atoms with Crippen LogP contribution in [-0.2, 0) is 0 Å². The van der Waals surface area contributed by atoms with Gasteiger partial charge in [-0.3, -0.25) is 0 Å². The van der Waals surface area contributed by atoms with E-state index in [9.17, 15) is 0 Å². The van der Waals surface area contributed by atoms with E-state index in [-0.39, 0.29) is 0 Å². The molecule has 0 aromatic heterocycles. The summed E-state index contributed by atoms with van der Waals surface area (Å²) in [5, 5.41) is 3.69. The number of rotatable bonds is 5. The van der Waals surface area contributed by atoms with Gasteiger partial charge in [-0.1, -0.05) is 32.0 Å². The van der Waals surface area contributed by atoms with Gasteiger partial charge in [-0.2, -0.15) is 0 Å². The average Bonchev–Trinajstić information content (AvgIpc) is 2.43. The fourth-order valence-corrected chi connectivity index (χ4v) is 3.37. The van der Waals surface area contributed by atoms with Gasteiger partial charge < -0.3 is 10.2 Å². The number of nitrogens with one attached hydrogen (secondary N) is 1. The molecule has 106 valence electrons. The Morgan fingerprint density at radius 1 is 1.21 bits per heavy atom. The molecule has 2 rings (SSSR count).